The number of benzene rings is 2. The van der Waals surface area contributed by atoms with E-state index in [9.17, 15) is 9.59 Å². The molecule has 9 heteroatoms. The Bertz CT molecular complexity index is 1280. The molecule has 0 radical (unpaired) electrons. The third kappa shape index (κ3) is 5.33. The first kappa shape index (κ1) is 25.2. The van der Waals surface area contributed by atoms with Gasteiger partial charge in [-0.2, -0.15) is 5.10 Å². The van der Waals surface area contributed by atoms with Gasteiger partial charge in [-0.25, -0.2) is 5.01 Å². The van der Waals surface area contributed by atoms with E-state index in [0.717, 1.165) is 42.7 Å². The molecular formula is C28H37N7O2. The van der Waals surface area contributed by atoms with Crippen LogP contribution < -0.4 is 15.5 Å². The number of likely N-dealkylation sites (N-methyl/N-ethyl adjacent to an activating group) is 2. The number of nitrogens with zero attached hydrogens (tertiary/aromatic N) is 5. The van der Waals surface area contributed by atoms with Crippen LogP contribution in [0.15, 0.2) is 36.4 Å². The zero-order chi connectivity index (χ0) is 25.9. The van der Waals surface area contributed by atoms with Gasteiger partial charge >= 0.3 is 0 Å². The van der Waals surface area contributed by atoms with E-state index in [0.29, 0.717) is 26.2 Å². The Hall–Kier alpha value is -3.43. The van der Waals surface area contributed by atoms with Crippen LogP contribution in [0.5, 0.6) is 0 Å². The van der Waals surface area contributed by atoms with Crippen LogP contribution in [0, 0.1) is 6.92 Å². The van der Waals surface area contributed by atoms with Crippen LogP contribution in [-0.4, -0.2) is 71.4 Å². The van der Waals surface area contributed by atoms with E-state index < -0.39 is 0 Å². The molecule has 0 saturated carbocycles. The van der Waals surface area contributed by atoms with E-state index in [1.165, 1.54) is 22.2 Å². The molecule has 2 N–H and O–H groups in total. The van der Waals surface area contributed by atoms with Crippen molar-refractivity contribution < 1.29 is 9.59 Å². The lowest BCUT2D eigenvalue weighted by atomic mass is 10.1. The molecule has 0 saturated heterocycles. The van der Waals surface area contributed by atoms with Crippen molar-refractivity contribution in [2.75, 3.05) is 44.7 Å². The number of amides is 2. The topological polar surface area (TPSA) is 85.7 Å². The zero-order valence-electron chi connectivity index (χ0n) is 22.1. The molecule has 0 unspecified atom stereocenters. The molecule has 9 nitrogen and oxygen atoms in total. The summed E-state index contributed by atoms with van der Waals surface area (Å²) in [5.74, 6) is -0.158. The molecule has 0 atom stereocenters. The lowest BCUT2D eigenvalue weighted by Gasteiger charge is -2.32. The quantitative estimate of drug-likeness (QED) is 0.413. The predicted octanol–water partition coefficient (Wildman–Crippen LogP) is 2.21. The Morgan fingerprint density at radius 3 is 2.57 bits per heavy atom. The molecule has 3 aromatic rings. The van der Waals surface area contributed by atoms with Gasteiger partial charge in [0.1, 0.15) is 0 Å². The molecule has 5 rings (SSSR count). The smallest absolute Gasteiger partial charge is 0.256 e. The largest absolute Gasteiger partial charge is 0.353 e. The minimum atomic E-state index is -0.103. The van der Waals surface area contributed by atoms with Crippen LogP contribution in [0.4, 0.5) is 5.69 Å². The van der Waals surface area contributed by atoms with Gasteiger partial charge in [-0.05, 0) is 55.1 Å². The van der Waals surface area contributed by atoms with Gasteiger partial charge in [0.15, 0.2) is 0 Å². The highest BCUT2D eigenvalue weighted by molar-refractivity contribution is 5.91. The second-order valence-corrected chi connectivity index (χ2v) is 10.00. The minimum absolute atomic E-state index is 0.0555. The first-order valence-corrected chi connectivity index (χ1v) is 13.2. The van der Waals surface area contributed by atoms with Crippen LogP contribution >= 0.6 is 0 Å². The fraction of sp³-hybridized carbons (Fsp3) is 0.464. The molecule has 196 valence electrons. The normalized spacial score (nSPS) is 14.6. The Kier molecular flexibility index (Phi) is 7.43. The number of fused-ring (bicyclic) bond motifs is 4. The van der Waals surface area contributed by atoms with E-state index in [4.69, 9.17) is 5.10 Å². The van der Waals surface area contributed by atoms with Crippen molar-refractivity contribution in [1.29, 1.82) is 0 Å². The summed E-state index contributed by atoms with van der Waals surface area (Å²) in [6.45, 7) is 8.76. The van der Waals surface area contributed by atoms with E-state index in [-0.39, 0.29) is 24.9 Å². The Balaban J connectivity index is 1.35. The average molecular weight is 504 g/mol. The van der Waals surface area contributed by atoms with Gasteiger partial charge in [0.05, 0.1) is 18.6 Å². The third-order valence-corrected chi connectivity index (χ3v) is 7.43. The molecule has 0 spiro atoms. The van der Waals surface area contributed by atoms with Gasteiger partial charge < -0.3 is 15.5 Å². The van der Waals surface area contributed by atoms with Gasteiger partial charge in [-0.3, -0.25) is 19.3 Å². The fourth-order valence-electron chi connectivity index (χ4n) is 5.39. The number of hydrazine groups is 1. The second kappa shape index (κ2) is 10.9. The summed E-state index contributed by atoms with van der Waals surface area (Å²) in [5.41, 5.74) is 6.60. The predicted molar refractivity (Wildman–Crippen MR) is 145 cm³/mol. The standard InChI is InChI=1S/C28H37N7O2/c1-4-29-11-12-30-27(36)18-33(19-28(37)32(3)34-16-21-8-5-6-9-22(21)17-34)26-15-24-23(14-20(26)2)25-10-7-13-35(25)31-24/h5-6,8-9,14-15,29H,4,7,10-13,16-19H2,1-3H3,(H,30,36). The van der Waals surface area contributed by atoms with Crippen molar-refractivity contribution in [2.24, 2.45) is 0 Å². The number of nitrogens with one attached hydrogen (secondary N) is 2. The van der Waals surface area contributed by atoms with Gasteiger partial charge in [-0.15, -0.1) is 0 Å². The maximum Gasteiger partial charge on any atom is 0.256 e. The molecule has 2 aromatic carbocycles. The van der Waals surface area contributed by atoms with Crippen molar-refractivity contribution >= 4 is 28.4 Å². The van der Waals surface area contributed by atoms with Crippen LogP contribution in [0.25, 0.3) is 10.9 Å². The fourth-order valence-corrected chi connectivity index (χ4v) is 5.39. The van der Waals surface area contributed by atoms with Crippen LogP contribution in [-0.2, 0) is 35.6 Å². The molecule has 0 fully saturated rings. The van der Waals surface area contributed by atoms with E-state index in [1.54, 1.807) is 5.01 Å². The van der Waals surface area contributed by atoms with E-state index in [1.807, 2.05) is 37.1 Å². The number of hydrogen-bond donors (Lipinski definition) is 2. The first-order chi connectivity index (χ1) is 17.9. The van der Waals surface area contributed by atoms with Crippen LogP contribution in [0.2, 0.25) is 0 Å². The van der Waals surface area contributed by atoms with E-state index >= 15 is 0 Å². The summed E-state index contributed by atoms with van der Waals surface area (Å²) < 4.78 is 2.09. The molecular weight excluding hydrogens is 466 g/mol. The Labute approximate surface area is 218 Å². The Morgan fingerprint density at radius 1 is 1.08 bits per heavy atom. The summed E-state index contributed by atoms with van der Waals surface area (Å²) in [4.78, 5) is 28.3. The number of hydrogen-bond acceptors (Lipinski definition) is 6. The van der Waals surface area contributed by atoms with Crippen molar-refractivity contribution in [3.05, 3.63) is 58.8 Å². The number of aryl methyl sites for hydroxylation is 3. The molecule has 2 aliphatic rings. The molecule has 2 aliphatic heterocycles. The number of aromatic nitrogens is 2. The van der Waals surface area contributed by atoms with Crippen LogP contribution in [0.3, 0.4) is 0 Å². The highest BCUT2D eigenvalue weighted by atomic mass is 16.2. The van der Waals surface area contributed by atoms with Gasteiger partial charge in [0.25, 0.3) is 5.91 Å². The highest BCUT2D eigenvalue weighted by Gasteiger charge is 2.27. The van der Waals surface area contributed by atoms with Crippen molar-refractivity contribution in [3.63, 3.8) is 0 Å². The minimum Gasteiger partial charge on any atom is -0.353 e. The van der Waals surface area contributed by atoms with Gasteiger partial charge in [0.2, 0.25) is 5.91 Å². The summed E-state index contributed by atoms with van der Waals surface area (Å²) in [7, 11) is 1.82. The van der Waals surface area contributed by atoms with Crippen molar-refractivity contribution in [2.45, 2.75) is 46.3 Å². The maximum absolute atomic E-state index is 13.5. The third-order valence-electron chi connectivity index (χ3n) is 7.43. The molecule has 0 aliphatic carbocycles. The number of rotatable bonds is 10. The highest BCUT2D eigenvalue weighted by Crippen LogP contribution is 2.31. The number of carbonyl (C=O) groups excluding carboxylic acids is 2. The molecule has 3 heterocycles. The first-order valence-electron chi connectivity index (χ1n) is 13.2. The zero-order valence-corrected chi connectivity index (χ0v) is 22.1. The van der Waals surface area contributed by atoms with Gasteiger partial charge in [-0.1, -0.05) is 31.2 Å². The number of carbonyl (C=O) groups is 2. The summed E-state index contributed by atoms with van der Waals surface area (Å²) in [6, 6.07) is 12.5. The maximum atomic E-state index is 13.5. The number of anilines is 1. The van der Waals surface area contributed by atoms with Crippen molar-refractivity contribution in [1.82, 2.24) is 30.4 Å². The monoisotopic (exact) mass is 503 g/mol. The lowest BCUT2D eigenvalue weighted by Crippen LogP contribution is -2.48. The summed E-state index contributed by atoms with van der Waals surface area (Å²) in [5, 5.41) is 15.9. The Morgan fingerprint density at radius 2 is 1.84 bits per heavy atom. The van der Waals surface area contributed by atoms with Gasteiger partial charge in [0, 0.05) is 56.5 Å². The lowest BCUT2D eigenvalue weighted by molar-refractivity contribution is -0.145. The molecule has 37 heavy (non-hydrogen) atoms. The summed E-state index contributed by atoms with van der Waals surface area (Å²) >= 11 is 0. The molecule has 0 bridgehead atoms. The van der Waals surface area contributed by atoms with E-state index in [2.05, 4.69) is 45.4 Å². The second-order valence-electron chi connectivity index (χ2n) is 10.00. The average Bonchev–Trinajstić information content (AvgIpc) is 3.60. The molecule has 2 amide bonds. The summed E-state index contributed by atoms with van der Waals surface area (Å²) in [6.07, 6.45) is 2.16. The molecule has 1 aromatic heterocycles. The van der Waals surface area contributed by atoms with Crippen molar-refractivity contribution in [3.8, 4) is 0 Å². The van der Waals surface area contributed by atoms with Crippen LogP contribution in [0.1, 0.15) is 35.7 Å². The SMILES string of the molecule is CCNCCNC(=O)CN(CC(=O)N(C)N1Cc2ccccc2C1)c1cc2nn3c(c2cc1C)CCC3.